The summed E-state index contributed by atoms with van der Waals surface area (Å²) in [4.78, 5) is 1.54. The molecule has 0 nitrogen and oxygen atoms in total. The third-order valence-electron chi connectivity index (χ3n) is 0.856. The molecule has 0 spiro atoms. The van der Waals surface area contributed by atoms with E-state index in [1.165, 1.54) is 12.8 Å². The summed E-state index contributed by atoms with van der Waals surface area (Å²) in [5.41, 5.74) is 0. The Morgan fingerprint density at radius 3 is 3.00 bits per heavy atom. The van der Waals surface area contributed by atoms with Gasteiger partial charge in [0.05, 0.1) is 0 Å². The number of rotatable bonds is 2. The minimum Gasteiger partial charge on any atom is -0.0650 e. The van der Waals surface area contributed by atoms with Crippen LogP contribution in [0.2, 0.25) is 0 Å². The molecule has 0 aliphatic carbocycles. The minimum absolute atomic E-state index is 1.27. The van der Waals surface area contributed by atoms with Gasteiger partial charge in [-0.2, -0.15) is 0 Å². The Morgan fingerprint density at radius 2 is 2.50 bits per heavy atom. The van der Waals surface area contributed by atoms with Crippen LogP contribution in [0.25, 0.3) is 0 Å². The molecule has 0 aromatic heterocycles. The molecule has 0 radical (unpaired) electrons. The van der Waals surface area contributed by atoms with Crippen LogP contribution < -0.4 is 0 Å². The van der Waals surface area contributed by atoms with E-state index in [1.807, 2.05) is 31.4 Å². The lowest BCUT2D eigenvalue weighted by atomic mass is 10.3. The van der Waals surface area contributed by atoms with E-state index in [2.05, 4.69) is 12.3 Å². The zero-order chi connectivity index (χ0) is 5.82. The van der Waals surface area contributed by atoms with Gasteiger partial charge in [-0.15, -0.1) is 0 Å². The van der Waals surface area contributed by atoms with Crippen molar-refractivity contribution in [3.05, 3.63) is 10.3 Å². The first-order valence-corrected chi connectivity index (χ1v) is 6.17. The molecule has 8 heavy (non-hydrogen) atoms. The average Bonchev–Trinajstić information content (AvgIpc) is 2.19. The lowest BCUT2D eigenvalue weighted by Gasteiger charge is -1.90. The van der Waals surface area contributed by atoms with Gasteiger partial charge in [-0.3, -0.25) is 0 Å². The predicted molar refractivity (Wildman–Crippen MR) is 45.8 cm³/mol. The van der Waals surface area contributed by atoms with Crippen molar-refractivity contribution in [2.75, 3.05) is 0 Å². The second-order valence-corrected chi connectivity index (χ2v) is 5.55. The van der Waals surface area contributed by atoms with E-state index in [-0.39, 0.29) is 0 Å². The number of allylic oxidation sites excluding steroid dienone is 1. The molecule has 0 N–H and O–H groups in total. The molecule has 0 fully saturated rings. The van der Waals surface area contributed by atoms with Crippen LogP contribution in [-0.4, -0.2) is 0 Å². The Morgan fingerprint density at radius 1 is 1.62 bits per heavy atom. The maximum atomic E-state index is 2.25. The van der Waals surface area contributed by atoms with Crippen molar-refractivity contribution in [2.24, 2.45) is 0 Å². The van der Waals surface area contributed by atoms with Gasteiger partial charge in [0.2, 0.25) is 0 Å². The Kier molecular flexibility index (Phi) is 3.23. The lowest BCUT2D eigenvalue weighted by Crippen LogP contribution is -1.66. The van der Waals surface area contributed by atoms with Gasteiger partial charge >= 0.3 is 0 Å². The third kappa shape index (κ3) is 1.96. The minimum atomic E-state index is 1.27. The quantitative estimate of drug-likeness (QED) is 0.571. The highest BCUT2D eigenvalue weighted by Crippen LogP contribution is 2.49. The van der Waals surface area contributed by atoms with Crippen LogP contribution in [-0.2, 0) is 0 Å². The molecule has 0 amide bonds. The fourth-order valence-electron chi connectivity index (χ4n) is 0.503. The van der Waals surface area contributed by atoms with Crippen LogP contribution in [0.5, 0.6) is 0 Å². The first-order chi connectivity index (χ1) is 3.93. The molecule has 1 rings (SSSR count). The van der Waals surface area contributed by atoms with Gasteiger partial charge in [-0.25, -0.2) is 0 Å². The largest absolute Gasteiger partial charge is 0.0650 e. The maximum absolute atomic E-state index is 2.25. The molecule has 1 aliphatic heterocycles. The summed E-state index contributed by atoms with van der Waals surface area (Å²) < 4.78 is 0. The molecular weight excluding hydrogens is 156 g/mol. The van der Waals surface area contributed by atoms with E-state index in [0.717, 1.165) is 0 Å². The molecule has 0 bridgehead atoms. The van der Waals surface area contributed by atoms with Crippen molar-refractivity contribution in [1.29, 1.82) is 0 Å². The Labute approximate surface area is 61.7 Å². The summed E-state index contributed by atoms with van der Waals surface area (Å²) in [6.45, 7) is 2.22. The summed E-state index contributed by atoms with van der Waals surface area (Å²) in [5.74, 6) is 0. The number of hydrogen-bond acceptors (Lipinski definition) is 3. The molecule has 3 heteroatoms. The van der Waals surface area contributed by atoms with E-state index in [4.69, 9.17) is 0 Å². The number of hydrogen-bond donors (Lipinski definition) is 0. The predicted octanol–water partition coefficient (Wildman–Crippen LogP) is 3.67. The monoisotopic (exact) mass is 164 g/mol. The molecule has 1 heterocycles. The van der Waals surface area contributed by atoms with Crippen LogP contribution in [0.15, 0.2) is 10.3 Å². The van der Waals surface area contributed by atoms with E-state index in [9.17, 15) is 0 Å². The zero-order valence-corrected chi connectivity index (χ0v) is 7.17. The molecular formula is C5H8S3. The lowest BCUT2D eigenvalue weighted by molar-refractivity contribution is 0.950. The molecule has 0 atom stereocenters. The standard InChI is InChI=1S/C5H8S3/c1-2-3-5-4-6-8-7-5/h4H,2-3H2,1H3. The van der Waals surface area contributed by atoms with Crippen LogP contribution in [0.1, 0.15) is 19.8 Å². The second kappa shape index (κ2) is 3.75. The third-order valence-corrected chi connectivity index (χ3v) is 4.76. The molecule has 1 aliphatic rings. The first kappa shape index (κ1) is 6.90. The van der Waals surface area contributed by atoms with Crippen molar-refractivity contribution < 1.29 is 0 Å². The van der Waals surface area contributed by atoms with E-state index >= 15 is 0 Å². The molecule has 0 aromatic carbocycles. The van der Waals surface area contributed by atoms with Crippen LogP contribution in [0.4, 0.5) is 0 Å². The Balaban J connectivity index is 2.23. The van der Waals surface area contributed by atoms with Crippen molar-refractivity contribution in [3.63, 3.8) is 0 Å². The van der Waals surface area contributed by atoms with Gasteiger partial charge in [0.1, 0.15) is 0 Å². The van der Waals surface area contributed by atoms with Gasteiger partial charge in [-0.05, 0) is 32.4 Å². The Hall–Kier alpha value is 0.790. The van der Waals surface area contributed by atoms with Crippen molar-refractivity contribution in [2.45, 2.75) is 19.8 Å². The summed E-state index contributed by atoms with van der Waals surface area (Å²) >= 11 is 0. The Bertz CT molecular complexity index is 97.8. The molecule has 0 saturated carbocycles. The van der Waals surface area contributed by atoms with E-state index in [0.29, 0.717) is 0 Å². The normalized spacial score (nSPS) is 18.9. The van der Waals surface area contributed by atoms with E-state index < -0.39 is 0 Å². The van der Waals surface area contributed by atoms with Gasteiger partial charge in [0.25, 0.3) is 0 Å². The molecule has 46 valence electrons. The molecule has 0 aromatic rings. The summed E-state index contributed by atoms with van der Waals surface area (Å²) in [6, 6.07) is 0. The summed E-state index contributed by atoms with van der Waals surface area (Å²) in [7, 11) is 5.61. The first-order valence-electron chi connectivity index (χ1n) is 2.62. The van der Waals surface area contributed by atoms with Crippen LogP contribution in [0.3, 0.4) is 0 Å². The highest BCUT2D eigenvalue weighted by atomic mass is 33.5. The van der Waals surface area contributed by atoms with Gasteiger partial charge < -0.3 is 0 Å². The SMILES string of the molecule is CCCC1=CSSS1. The summed E-state index contributed by atoms with van der Waals surface area (Å²) in [6.07, 6.45) is 2.55. The zero-order valence-electron chi connectivity index (χ0n) is 4.72. The van der Waals surface area contributed by atoms with Crippen molar-refractivity contribution >= 4 is 31.4 Å². The van der Waals surface area contributed by atoms with Crippen molar-refractivity contribution in [1.82, 2.24) is 0 Å². The van der Waals surface area contributed by atoms with E-state index in [1.54, 1.807) is 4.91 Å². The smallest absolute Gasteiger partial charge is 0.00381 e. The van der Waals surface area contributed by atoms with Gasteiger partial charge in [0.15, 0.2) is 0 Å². The van der Waals surface area contributed by atoms with Crippen LogP contribution >= 0.6 is 31.4 Å². The highest BCUT2D eigenvalue weighted by molar-refractivity contribution is 9.11. The van der Waals surface area contributed by atoms with Gasteiger partial charge in [0, 0.05) is 4.91 Å². The average molecular weight is 164 g/mol. The van der Waals surface area contributed by atoms with Gasteiger partial charge in [-0.1, -0.05) is 24.1 Å². The van der Waals surface area contributed by atoms with Crippen molar-refractivity contribution in [3.8, 4) is 0 Å². The van der Waals surface area contributed by atoms with Crippen LogP contribution in [0, 0.1) is 0 Å². The fourth-order valence-corrected chi connectivity index (χ4v) is 4.61. The molecule has 0 unspecified atom stereocenters. The topological polar surface area (TPSA) is 0 Å². The second-order valence-electron chi connectivity index (χ2n) is 1.58. The highest BCUT2D eigenvalue weighted by Gasteiger charge is 2.03. The fraction of sp³-hybridized carbons (Fsp3) is 0.600. The summed E-state index contributed by atoms with van der Waals surface area (Å²) in [5, 5.41) is 2.25. The maximum Gasteiger partial charge on any atom is 0.00381 e. The molecule has 0 saturated heterocycles.